The van der Waals surface area contributed by atoms with E-state index in [0.717, 1.165) is 38.7 Å². The highest BCUT2D eigenvalue weighted by molar-refractivity contribution is 5.70. The van der Waals surface area contributed by atoms with E-state index in [-0.39, 0.29) is 64.8 Å². The zero-order valence-corrected chi connectivity index (χ0v) is 29.3. The lowest BCUT2D eigenvalue weighted by atomic mass is 9.68. The first-order chi connectivity index (χ1) is 22.3. The van der Waals surface area contributed by atoms with Crippen LogP contribution in [0, 0.1) is 11.8 Å². The van der Waals surface area contributed by atoms with Gasteiger partial charge in [0.25, 0.3) is 0 Å². The SMILES string of the molecule is CO[C@@H]1[C@H](O)CC[C@]2(CO2)[C@H]1[C@]1(C)O[C@@H]1CC=C(C)C.CO[C@@H]1[C@H](OC(=O)n2ccnc2)CC[C@]2(CO2)[C@H]1[C@]1(C)O[C@@H]1CC=C(C)C. The van der Waals surface area contributed by atoms with Crippen LogP contribution in [0.3, 0.4) is 0 Å². The molecule has 262 valence electrons. The van der Waals surface area contributed by atoms with Gasteiger partial charge in [0.05, 0.1) is 55.1 Å². The third-order valence-electron chi connectivity index (χ3n) is 11.5. The van der Waals surface area contributed by atoms with Crippen molar-refractivity contribution in [1.82, 2.24) is 9.55 Å². The number of hydrogen-bond donors (Lipinski definition) is 1. The quantitative estimate of drug-likeness (QED) is 0.286. The van der Waals surface area contributed by atoms with Crippen LogP contribution in [0.2, 0.25) is 0 Å². The lowest BCUT2D eigenvalue weighted by Crippen LogP contribution is -2.55. The molecule has 6 fully saturated rings. The summed E-state index contributed by atoms with van der Waals surface area (Å²) in [5.41, 5.74) is 1.70. The Kier molecular flexibility index (Phi) is 9.58. The lowest BCUT2D eigenvalue weighted by Gasteiger charge is -2.42. The topological polar surface area (TPSA) is 133 Å². The number of methoxy groups -OCH3 is 2. The molecule has 0 bridgehead atoms. The van der Waals surface area contributed by atoms with Gasteiger partial charge in [0.15, 0.2) is 0 Å². The predicted octanol–water partition coefficient (Wildman–Crippen LogP) is 5.00. The number of aromatic nitrogens is 2. The summed E-state index contributed by atoms with van der Waals surface area (Å²) in [5.74, 6) is 0.152. The molecular weight excluding hydrogens is 604 g/mol. The number of aliphatic hydroxyl groups is 1. The molecule has 11 heteroatoms. The van der Waals surface area contributed by atoms with E-state index in [1.165, 1.54) is 22.0 Å². The number of imidazole rings is 1. The summed E-state index contributed by atoms with van der Waals surface area (Å²) >= 11 is 0. The van der Waals surface area contributed by atoms with Gasteiger partial charge in [0.2, 0.25) is 0 Å². The Bertz CT molecular complexity index is 1330. The largest absolute Gasteiger partial charge is 0.443 e. The second-order valence-corrected chi connectivity index (χ2v) is 15.2. The molecule has 0 unspecified atom stereocenters. The van der Waals surface area contributed by atoms with E-state index in [0.29, 0.717) is 13.0 Å². The fourth-order valence-electron chi connectivity index (χ4n) is 8.59. The van der Waals surface area contributed by atoms with Gasteiger partial charge >= 0.3 is 6.09 Å². The Balaban J connectivity index is 0.000000172. The maximum atomic E-state index is 12.4. The summed E-state index contributed by atoms with van der Waals surface area (Å²) in [5, 5.41) is 10.2. The van der Waals surface area contributed by atoms with Crippen molar-refractivity contribution < 1.29 is 43.1 Å². The number of hydrogen-bond acceptors (Lipinski definition) is 10. The van der Waals surface area contributed by atoms with Gasteiger partial charge < -0.3 is 38.3 Å². The number of carbonyl (C=O) groups excluding carboxylic acids is 1. The van der Waals surface area contributed by atoms with Gasteiger partial charge in [-0.25, -0.2) is 14.3 Å². The Labute approximate surface area is 278 Å². The third kappa shape index (κ3) is 6.74. The number of ether oxygens (including phenoxy) is 7. The molecule has 0 radical (unpaired) electrons. The molecule has 4 saturated heterocycles. The van der Waals surface area contributed by atoms with Gasteiger partial charge in [0, 0.05) is 26.6 Å². The van der Waals surface area contributed by atoms with E-state index in [2.05, 4.69) is 58.7 Å². The van der Waals surface area contributed by atoms with E-state index in [1.807, 2.05) is 0 Å². The molecular formula is C36H54N2O9. The molecule has 0 amide bonds. The van der Waals surface area contributed by atoms with Crippen molar-refractivity contribution in [2.45, 2.75) is 139 Å². The molecule has 6 aliphatic rings. The molecule has 12 atom stereocenters. The van der Waals surface area contributed by atoms with Gasteiger partial charge in [-0.2, -0.15) is 0 Å². The molecule has 1 aromatic heterocycles. The molecule has 2 aliphatic carbocycles. The van der Waals surface area contributed by atoms with Crippen LogP contribution in [0.15, 0.2) is 42.0 Å². The van der Waals surface area contributed by atoms with Gasteiger partial charge in [-0.05, 0) is 80.1 Å². The average molecular weight is 659 g/mol. The Morgan fingerprint density at radius 3 is 1.85 bits per heavy atom. The molecule has 4 aliphatic heterocycles. The van der Waals surface area contributed by atoms with Crippen molar-refractivity contribution in [3.05, 3.63) is 42.0 Å². The van der Waals surface area contributed by atoms with Crippen molar-refractivity contribution in [1.29, 1.82) is 0 Å². The van der Waals surface area contributed by atoms with Crippen LogP contribution in [0.1, 0.15) is 80.1 Å². The Morgan fingerprint density at radius 2 is 1.40 bits per heavy atom. The highest BCUT2D eigenvalue weighted by atomic mass is 16.6. The van der Waals surface area contributed by atoms with Crippen LogP contribution in [-0.4, -0.2) is 107 Å². The molecule has 1 aromatic rings. The van der Waals surface area contributed by atoms with Crippen LogP contribution >= 0.6 is 0 Å². The average Bonchev–Trinajstić information content (AvgIpc) is 3.99. The minimum atomic E-state index is -0.436. The summed E-state index contributed by atoms with van der Waals surface area (Å²) in [4.78, 5) is 16.3. The van der Waals surface area contributed by atoms with Crippen LogP contribution in [0.5, 0.6) is 0 Å². The molecule has 1 N–H and O–H groups in total. The van der Waals surface area contributed by atoms with Crippen LogP contribution in [0.25, 0.3) is 0 Å². The van der Waals surface area contributed by atoms with Crippen LogP contribution < -0.4 is 0 Å². The first-order valence-corrected chi connectivity index (χ1v) is 17.2. The third-order valence-corrected chi connectivity index (χ3v) is 11.5. The molecule has 2 spiro atoms. The summed E-state index contributed by atoms with van der Waals surface area (Å²) in [6.07, 6.45) is 12.7. The van der Waals surface area contributed by atoms with Gasteiger partial charge in [-0.15, -0.1) is 0 Å². The molecule has 47 heavy (non-hydrogen) atoms. The minimum Gasteiger partial charge on any atom is -0.443 e. The lowest BCUT2D eigenvalue weighted by molar-refractivity contribution is -0.117. The molecule has 0 aromatic carbocycles. The minimum absolute atomic E-state index is 0.0277. The van der Waals surface area contributed by atoms with E-state index in [1.54, 1.807) is 26.6 Å². The highest BCUT2D eigenvalue weighted by Gasteiger charge is 2.73. The summed E-state index contributed by atoms with van der Waals surface area (Å²) in [6.45, 7) is 14.2. The monoisotopic (exact) mass is 658 g/mol. The fourth-order valence-corrected chi connectivity index (χ4v) is 8.59. The first-order valence-electron chi connectivity index (χ1n) is 17.2. The number of aliphatic hydroxyl groups excluding tert-OH is 1. The van der Waals surface area contributed by atoms with Gasteiger partial charge in [-0.1, -0.05) is 23.3 Å². The zero-order chi connectivity index (χ0) is 33.8. The maximum Gasteiger partial charge on any atom is 0.419 e. The second kappa shape index (κ2) is 13.0. The maximum absolute atomic E-state index is 12.4. The van der Waals surface area contributed by atoms with Crippen molar-refractivity contribution in [3.8, 4) is 0 Å². The van der Waals surface area contributed by atoms with Crippen LogP contribution in [0.4, 0.5) is 4.79 Å². The van der Waals surface area contributed by atoms with Crippen molar-refractivity contribution in [2.75, 3.05) is 27.4 Å². The highest BCUT2D eigenvalue weighted by Crippen LogP contribution is 2.60. The second-order valence-electron chi connectivity index (χ2n) is 15.2. The van der Waals surface area contributed by atoms with E-state index in [9.17, 15) is 9.90 Å². The standard InChI is InChI=1S/C20H28N2O5.C16H26O4/c1-13(2)5-6-15-19(3,27-15)17-16(24-4)14(7-8-20(17)11-25-20)26-18(23)22-10-9-21-12-22;1-10(2)5-6-12-15(3,20-12)14-13(18-4)11(17)7-8-16(14)9-19-16/h5,9-10,12,14-17H,6-8,11H2,1-4H3;5,11-14,17H,6-9H2,1-4H3/t14-,15-,16-,17-,19-,20+;11-,12-,13-,14-,15-,16+/m11/s1. The number of nitrogens with zero attached hydrogens (tertiary/aromatic N) is 2. The predicted molar refractivity (Wildman–Crippen MR) is 173 cm³/mol. The number of allylic oxidation sites excluding steroid dienone is 2. The smallest absolute Gasteiger partial charge is 0.419 e. The number of carbonyl (C=O) groups is 1. The van der Waals surface area contributed by atoms with Crippen molar-refractivity contribution in [3.63, 3.8) is 0 Å². The van der Waals surface area contributed by atoms with Crippen molar-refractivity contribution >= 4 is 6.09 Å². The molecule has 7 rings (SSSR count). The fraction of sp³-hybridized carbons (Fsp3) is 0.778. The van der Waals surface area contributed by atoms with Gasteiger partial charge in [-0.3, -0.25) is 0 Å². The van der Waals surface area contributed by atoms with E-state index >= 15 is 0 Å². The number of rotatable bonds is 9. The van der Waals surface area contributed by atoms with Gasteiger partial charge in [0.1, 0.15) is 35.3 Å². The molecule has 5 heterocycles. The first kappa shape index (κ1) is 34.7. The zero-order valence-electron chi connectivity index (χ0n) is 29.3. The normalized spacial score (nSPS) is 44.2. The summed E-state index contributed by atoms with van der Waals surface area (Å²) in [6, 6.07) is 0. The molecule has 2 saturated carbocycles. The van der Waals surface area contributed by atoms with Crippen molar-refractivity contribution in [2.24, 2.45) is 11.8 Å². The number of epoxide rings is 4. The Hall–Kier alpha value is -2.12. The van der Waals surface area contributed by atoms with Crippen LogP contribution in [-0.2, 0) is 33.2 Å². The Morgan fingerprint density at radius 1 is 0.894 bits per heavy atom. The van der Waals surface area contributed by atoms with E-state index in [4.69, 9.17) is 33.2 Å². The molecule has 11 nitrogen and oxygen atoms in total. The summed E-state index contributed by atoms with van der Waals surface area (Å²) in [7, 11) is 3.35. The summed E-state index contributed by atoms with van der Waals surface area (Å²) < 4.78 is 42.5. The van der Waals surface area contributed by atoms with E-state index < -0.39 is 12.2 Å².